The van der Waals surface area contributed by atoms with E-state index in [-0.39, 0.29) is 5.91 Å². The Balaban J connectivity index is 1.96. The summed E-state index contributed by atoms with van der Waals surface area (Å²) in [6.45, 7) is 1.80. The normalized spacial score (nSPS) is 10.6. The number of rotatable bonds is 5. The maximum absolute atomic E-state index is 12.7. The van der Waals surface area contributed by atoms with Crippen molar-refractivity contribution in [3.8, 4) is 17.3 Å². The number of nitrogens with zero attached hydrogens (tertiary/aromatic N) is 3. The summed E-state index contributed by atoms with van der Waals surface area (Å²) in [5, 5.41) is 7.87. The third-order valence-electron chi connectivity index (χ3n) is 3.68. The van der Waals surface area contributed by atoms with Crippen LogP contribution in [0.1, 0.15) is 16.1 Å². The van der Waals surface area contributed by atoms with Crippen LogP contribution in [0.2, 0.25) is 10.0 Å². The Morgan fingerprint density at radius 3 is 2.33 bits per heavy atom. The Morgan fingerprint density at radius 2 is 1.74 bits per heavy atom. The van der Waals surface area contributed by atoms with Gasteiger partial charge in [-0.15, -0.1) is 0 Å². The predicted octanol–water partition coefficient (Wildman–Crippen LogP) is 4.15. The SMILES string of the molecule is COc1cc(OC)cc(C(=O)Nc2cc(C)nn2-c2ncc(Cl)cc2Cl)c1. The number of anilines is 1. The van der Waals surface area contributed by atoms with Crippen molar-refractivity contribution in [2.45, 2.75) is 6.92 Å². The molecule has 9 heteroatoms. The molecule has 1 aromatic carbocycles. The van der Waals surface area contributed by atoms with Crippen LogP contribution in [-0.2, 0) is 0 Å². The summed E-state index contributed by atoms with van der Waals surface area (Å²) < 4.78 is 11.9. The molecule has 27 heavy (non-hydrogen) atoms. The molecule has 0 spiro atoms. The Morgan fingerprint density at radius 1 is 1.07 bits per heavy atom. The third-order valence-corrected chi connectivity index (χ3v) is 4.16. The fourth-order valence-electron chi connectivity index (χ4n) is 2.44. The molecular formula is C18H16Cl2N4O3. The molecular weight excluding hydrogens is 391 g/mol. The van der Waals surface area contributed by atoms with Crippen LogP contribution in [0.15, 0.2) is 36.5 Å². The van der Waals surface area contributed by atoms with Crippen molar-refractivity contribution in [1.82, 2.24) is 14.8 Å². The molecule has 0 fully saturated rings. The van der Waals surface area contributed by atoms with E-state index in [0.717, 1.165) is 0 Å². The number of benzene rings is 1. The number of pyridine rings is 1. The fourth-order valence-corrected chi connectivity index (χ4v) is 2.90. The number of carbonyl (C=O) groups is 1. The van der Waals surface area contributed by atoms with E-state index in [1.807, 2.05) is 0 Å². The summed E-state index contributed by atoms with van der Waals surface area (Å²) in [5.41, 5.74) is 1.05. The number of nitrogens with one attached hydrogen (secondary N) is 1. The van der Waals surface area contributed by atoms with E-state index in [2.05, 4.69) is 15.4 Å². The molecule has 2 aromatic heterocycles. The number of hydrogen-bond donors (Lipinski definition) is 1. The van der Waals surface area contributed by atoms with Gasteiger partial charge in [-0.1, -0.05) is 23.2 Å². The van der Waals surface area contributed by atoms with Crippen molar-refractivity contribution < 1.29 is 14.3 Å². The zero-order chi connectivity index (χ0) is 19.6. The first-order chi connectivity index (χ1) is 12.9. The quantitative estimate of drug-likeness (QED) is 0.688. The molecule has 0 aliphatic carbocycles. The second-order valence-corrected chi connectivity index (χ2v) is 6.44. The number of aromatic nitrogens is 3. The summed E-state index contributed by atoms with van der Waals surface area (Å²) in [5.74, 6) is 1.42. The predicted molar refractivity (Wildman–Crippen MR) is 104 cm³/mol. The lowest BCUT2D eigenvalue weighted by atomic mass is 10.2. The summed E-state index contributed by atoms with van der Waals surface area (Å²) in [6, 6.07) is 8.17. The van der Waals surface area contributed by atoms with Gasteiger partial charge in [0.15, 0.2) is 5.82 Å². The van der Waals surface area contributed by atoms with Gasteiger partial charge in [-0.25, -0.2) is 4.98 Å². The standard InChI is InChI=1S/C18H16Cl2N4O3/c1-10-4-16(24(23-10)17-15(20)7-12(19)9-21-17)22-18(25)11-5-13(26-2)8-14(6-11)27-3/h4-9H,1-3H3,(H,22,25). The average molecular weight is 407 g/mol. The first-order valence-corrected chi connectivity index (χ1v) is 8.59. The molecule has 0 saturated heterocycles. The first kappa shape index (κ1) is 19.0. The number of methoxy groups -OCH3 is 2. The molecule has 3 aromatic rings. The number of carbonyl (C=O) groups excluding carboxylic acids is 1. The highest BCUT2D eigenvalue weighted by atomic mass is 35.5. The van der Waals surface area contributed by atoms with Crippen molar-refractivity contribution in [3.63, 3.8) is 0 Å². The molecule has 0 bridgehead atoms. The lowest BCUT2D eigenvalue weighted by Crippen LogP contribution is -2.16. The van der Waals surface area contributed by atoms with Crippen molar-refractivity contribution in [3.05, 3.63) is 57.8 Å². The largest absolute Gasteiger partial charge is 0.497 e. The van der Waals surface area contributed by atoms with Crippen LogP contribution in [-0.4, -0.2) is 34.9 Å². The van der Waals surface area contributed by atoms with Gasteiger partial charge in [-0.3, -0.25) is 4.79 Å². The second kappa shape index (κ2) is 7.85. The number of halogens is 2. The molecule has 140 valence electrons. The molecule has 1 amide bonds. The van der Waals surface area contributed by atoms with Crippen LogP contribution in [0.25, 0.3) is 5.82 Å². The zero-order valence-corrected chi connectivity index (χ0v) is 16.3. The van der Waals surface area contributed by atoms with E-state index in [0.29, 0.717) is 44.4 Å². The summed E-state index contributed by atoms with van der Waals surface area (Å²) in [7, 11) is 3.03. The zero-order valence-electron chi connectivity index (χ0n) is 14.8. The molecule has 0 aliphatic heterocycles. The molecule has 0 aliphatic rings. The number of hydrogen-bond acceptors (Lipinski definition) is 5. The van der Waals surface area contributed by atoms with Gasteiger partial charge < -0.3 is 14.8 Å². The Kier molecular flexibility index (Phi) is 5.53. The summed E-state index contributed by atoms with van der Waals surface area (Å²) in [6.07, 6.45) is 1.46. The highest BCUT2D eigenvalue weighted by molar-refractivity contribution is 6.35. The van der Waals surface area contributed by atoms with E-state index < -0.39 is 0 Å². The van der Waals surface area contributed by atoms with E-state index in [9.17, 15) is 4.79 Å². The van der Waals surface area contributed by atoms with Crippen LogP contribution in [0.4, 0.5) is 5.82 Å². The monoisotopic (exact) mass is 406 g/mol. The van der Waals surface area contributed by atoms with Gasteiger partial charge in [0, 0.05) is 23.9 Å². The van der Waals surface area contributed by atoms with Gasteiger partial charge in [0.05, 0.1) is 30.0 Å². The van der Waals surface area contributed by atoms with Crippen LogP contribution >= 0.6 is 23.2 Å². The Bertz CT molecular complexity index is 982. The molecule has 0 atom stereocenters. The van der Waals surface area contributed by atoms with E-state index in [1.165, 1.54) is 25.1 Å². The summed E-state index contributed by atoms with van der Waals surface area (Å²) in [4.78, 5) is 16.9. The third kappa shape index (κ3) is 4.15. The molecule has 1 N–H and O–H groups in total. The van der Waals surface area contributed by atoms with Crippen molar-refractivity contribution in [1.29, 1.82) is 0 Å². The van der Waals surface area contributed by atoms with Gasteiger partial charge in [-0.05, 0) is 25.1 Å². The summed E-state index contributed by atoms with van der Waals surface area (Å²) >= 11 is 12.1. The second-order valence-electron chi connectivity index (χ2n) is 5.60. The van der Waals surface area contributed by atoms with Crippen LogP contribution in [0.3, 0.4) is 0 Å². The minimum absolute atomic E-state index is 0.309. The number of amides is 1. The van der Waals surface area contributed by atoms with Crippen LogP contribution in [0.5, 0.6) is 11.5 Å². The topological polar surface area (TPSA) is 78.3 Å². The molecule has 0 saturated carbocycles. The molecule has 0 radical (unpaired) electrons. The lowest BCUT2D eigenvalue weighted by Gasteiger charge is -2.11. The maximum atomic E-state index is 12.7. The Hall–Kier alpha value is -2.77. The molecule has 0 unspecified atom stereocenters. The van der Waals surface area contributed by atoms with Gasteiger partial charge in [0.25, 0.3) is 5.91 Å². The molecule has 2 heterocycles. The van der Waals surface area contributed by atoms with Crippen molar-refractivity contribution >= 4 is 34.9 Å². The molecule has 3 rings (SSSR count). The van der Waals surface area contributed by atoms with Crippen molar-refractivity contribution in [2.75, 3.05) is 19.5 Å². The highest BCUT2D eigenvalue weighted by Gasteiger charge is 2.17. The lowest BCUT2D eigenvalue weighted by molar-refractivity contribution is 0.102. The van der Waals surface area contributed by atoms with E-state index in [1.54, 1.807) is 37.3 Å². The maximum Gasteiger partial charge on any atom is 0.257 e. The average Bonchev–Trinajstić information content (AvgIpc) is 3.01. The highest BCUT2D eigenvalue weighted by Crippen LogP contribution is 2.26. The smallest absolute Gasteiger partial charge is 0.257 e. The van der Waals surface area contributed by atoms with E-state index >= 15 is 0 Å². The van der Waals surface area contributed by atoms with Gasteiger partial charge in [0.1, 0.15) is 17.3 Å². The minimum atomic E-state index is -0.363. The Labute approximate surface area is 165 Å². The van der Waals surface area contributed by atoms with Gasteiger partial charge >= 0.3 is 0 Å². The fraction of sp³-hybridized carbons (Fsp3) is 0.167. The molecule has 7 nitrogen and oxygen atoms in total. The van der Waals surface area contributed by atoms with Crippen LogP contribution < -0.4 is 14.8 Å². The first-order valence-electron chi connectivity index (χ1n) is 7.83. The number of aryl methyl sites for hydroxylation is 1. The van der Waals surface area contributed by atoms with E-state index in [4.69, 9.17) is 32.7 Å². The number of ether oxygens (including phenoxy) is 2. The van der Waals surface area contributed by atoms with Gasteiger partial charge in [-0.2, -0.15) is 9.78 Å². The van der Waals surface area contributed by atoms with Crippen LogP contribution in [0, 0.1) is 6.92 Å². The minimum Gasteiger partial charge on any atom is -0.497 e. The van der Waals surface area contributed by atoms with Gasteiger partial charge in [0.2, 0.25) is 0 Å². The van der Waals surface area contributed by atoms with Crippen molar-refractivity contribution in [2.24, 2.45) is 0 Å².